The second-order valence-corrected chi connectivity index (χ2v) is 1.81. The number of rotatable bonds is 2. The second kappa shape index (κ2) is 3.81. The van der Waals surface area contributed by atoms with Gasteiger partial charge in [0.05, 0.1) is 0 Å². The summed E-state index contributed by atoms with van der Waals surface area (Å²) in [6.07, 6.45) is 3.63. The van der Waals surface area contributed by atoms with Crippen LogP contribution in [0.5, 0.6) is 0 Å². The summed E-state index contributed by atoms with van der Waals surface area (Å²) in [5.74, 6) is 0. The fraction of sp³-hybridized carbons (Fsp3) is 0. The van der Waals surface area contributed by atoms with Crippen molar-refractivity contribution in [3.8, 4) is 0 Å². The van der Waals surface area contributed by atoms with Crippen molar-refractivity contribution >= 4 is 22.2 Å². The zero-order valence-electron chi connectivity index (χ0n) is 3.73. The molecule has 0 saturated heterocycles. The van der Waals surface area contributed by atoms with E-state index in [-0.39, 0.29) is 0 Å². The van der Waals surface area contributed by atoms with Crippen LogP contribution in [0.2, 0.25) is 0 Å². The first-order chi connectivity index (χ1) is 3.31. The van der Waals surface area contributed by atoms with Crippen LogP contribution in [0.4, 0.5) is 0 Å². The Kier molecular flexibility index (Phi) is 3.61. The Labute approximate surface area is 50.8 Å². The molecule has 38 valence electrons. The van der Waals surface area contributed by atoms with E-state index < -0.39 is 0 Å². The molecule has 0 aliphatic rings. The maximum absolute atomic E-state index is 9.62. The summed E-state index contributed by atoms with van der Waals surface area (Å²) < 4.78 is 0.711. The van der Waals surface area contributed by atoms with Crippen LogP contribution in [0, 0.1) is 0 Å². The monoisotopic (exact) mass is 160 g/mol. The Bertz CT molecular complexity index is 105. The van der Waals surface area contributed by atoms with Crippen LogP contribution in [-0.2, 0) is 4.79 Å². The minimum atomic E-state index is 0.700. The van der Waals surface area contributed by atoms with Gasteiger partial charge in [-0.15, -0.1) is 0 Å². The Balaban J connectivity index is 3.72. The first-order valence-corrected chi connectivity index (χ1v) is 2.54. The molecular weight excluding hydrogens is 156 g/mol. The van der Waals surface area contributed by atoms with E-state index in [0.717, 1.165) is 0 Å². The predicted molar refractivity (Wildman–Crippen MR) is 33.3 cm³/mol. The number of carbonyl (C=O) groups excluding carboxylic acids is 1. The summed E-state index contributed by atoms with van der Waals surface area (Å²) in [6, 6.07) is 0. The van der Waals surface area contributed by atoms with Crippen molar-refractivity contribution in [1.29, 1.82) is 0 Å². The quantitative estimate of drug-likeness (QED) is 0.342. The smallest absolute Gasteiger partial charge is 0.143 e. The molecule has 0 bridgehead atoms. The van der Waals surface area contributed by atoms with Crippen molar-refractivity contribution in [2.24, 2.45) is 0 Å². The zero-order valence-corrected chi connectivity index (χ0v) is 5.31. The van der Waals surface area contributed by atoms with Gasteiger partial charge in [0.1, 0.15) is 6.29 Å². The van der Waals surface area contributed by atoms with Crippen molar-refractivity contribution in [3.63, 3.8) is 0 Å². The molecule has 0 rings (SSSR count). The van der Waals surface area contributed by atoms with Gasteiger partial charge in [-0.3, -0.25) is 4.79 Å². The third-order valence-electron chi connectivity index (χ3n) is 0.422. The Hall–Kier alpha value is -0.370. The van der Waals surface area contributed by atoms with Gasteiger partial charge in [0.2, 0.25) is 0 Å². The molecule has 2 heteroatoms. The highest BCUT2D eigenvalue weighted by Crippen LogP contribution is 2.01. The molecule has 0 atom stereocenters. The predicted octanol–water partition coefficient (Wildman–Crippen LogP) is 1.65. The van der Waals surface area contributed by atoms with Crippen LogP contribution in [0.25, 0.3) is 0 Å². The second-order valence-electron chi connectivity index (χ2n) is 0.892. The molecule has 0 N–H and O–H groups in total. The highest BCUT2D eigenvalue weighted by Gasteiger charge is 1.74. The van der Waals surface area contributed by atoms with Crippen LogP contribution < -0.4 is 0 Å². The molecule has 0 saturated carbocycles. The van der Waals surface area contributed by atoms with E-state index in [2.05, 4.69) is 22.5 Å². The Morgan fingerprint density at radius 2 is 2.29 bits per heavy atom. The molecule has 0 fully saturated rings. The molecule has 0 spiro atoms. The van der Waals surface area contributed by atoms with Gasteiger partial charge in [0.15, 0.2) is 0 Å². The molecule has 7 heavy (non-hydrogen) atoms. The van der Waals surface area contributed by atoms with Gasteiger partial charge in [0, 0.05) is 4.48 Å². The number of allylic oxidation sites excluding steroid dienone is 3. The van der Waals surface area contributed by atoms with Gasteiger partial charge in [-0.25, -0.2) is 0 Å². The van der Waals surface area contributed by atoms with Gasteiger partial charge < -0.3 is 0 Å². The SMILES string of the molecule is C=CC(Br)=CC=O. The third-order valence-corrected chi connectivity index (χ3v) is 1.01. The Morgan fingerprint density at radius 1 is 1.71 bits per heavy atom. The minimum absolute atomic E-state index is 0.700. The van der Waals surface area contributed by atoms with E-state index in [1.165, 1.54) is 6.08 Å². The lowest BCUT2D eigenvalue weighted by Gasteiger charge is -1.75. The summed E-state index contributed by atoms with van der Waals surface area (Å²) in [5.41, 5.74) is 0. The maximum atomic E-state index is 9.62. The lowest BCUT2D eigenvalue weighted by molar-refractivity contribution is -0.104. The number of aldehydes is 1. The maximum Gasteiger partial charge on any atom is 0.143 e. The minimum Gasteiger partial charge on any atom is -0.299 e. The fourth-order valence-corrected chi connectivity index (χ4v) is 0.241. The van der Waals surface area contributed by atoms with Crippen LogP contribution in [-0.4, -0.2) is 6.29 Å². The normalized spacial score (nSPS) is 10.7. The average molecular weight is 161 g/mol. The topological polar surface area (TPSA) is 17.1 Å². The van der Waals surface area contributed by atoms with Gasteiger partial charge in [-0.1, -0.05) is 28.6 Å². The molecule has 0 aliphatic heterocycles. The molecule has 0 aliphatic carbocycles. The van der Waals surface area contributed by atoms with E-state index in [9.17, 15) is 4.79 Å². The molecular formula is C5H5BrO. The molecule has 0 radical (unpaired) electrons. The number of carbonyl (C=O) groups is 1. The molecule has 0 aromatic heterocycles. The lowest BCUT2D eigenvalue weighted by Crippen LogP contribution is -1.60. The highest BCUT2D eigenvalue weighted by atomic mass is 79.9. The van der Waals surface area contributed by atoms with Gasteiger partial charge in [-0.05, 0) is 6.08 Å². The van der Waals surface area contributed by atoms with Crippen molar-refractivity contribution in [2.45, 2.75) is 0 Å². The molecule has 0 heterocycles. The molecule has 0 unspecified atom stereocenters. The number of hydrogen-bond donors (Lipinski definition) is 0. The molecule has 0 amide bonds. The summed E-state index contributed by atoms with van der Waals surface area (Å²) in [5, 5.41) is 0. The average Bonchev–Trinajstić information content (AvgIpc) is 1.68. The molecule has 1 nitrogen and oxygen atoms in total. The number of hydrogen-bond acceptors (Lipinski definition) is 1. The third kappa shape index (κ3) is 3.46. The largest absolute Gasteiger partial charge is 0.299 e. The highest BCUT2D eigenvalue weighted by molar-refractivity contribution is 9.11. The first-order valence-electron chi connectivity index (χ1n) is 1.74. The van der Waals surface area contributed by atoms with E-state index in [1.807, 2.05) is 0 Å². The lowest BCUT2D eigenvalue weighted by atomic mass is 10.5. The Morgan fingerprint density at radius 3 is 2.43 bits per heavy atom. The zero-order chi connectivity index (χ0) is 5.70. The van der Waals surface area contributed by atoms with Gasteiger partial charge in [-0.2, -0.15) is 0 Å². The van der Waals surface area contributed by atoms with Crippen LogP contribution in [0.3, 0.4) is 0 Å². The van der Waals surface area contributed by atoms with Crippen molar-refractivity contribution < 1.29 is 4.79 Å². The van der Waals surface area contributed by atoms with E-state index in [1.54, 1.807) is 6.08 Å². The van der Waals surface area contributed by atoms with E-state index >= 15 is 0 Å². The van der Waals surface area contributed by atoms with Gasteiger partial charge >= 0.3 is 0 Å². The van der Waals surface area contributed by atoms with E-state index in [4.69, 9.17) is 0 Å². The van der Waals surface area contributed by atoms with Crippen LogP contribution in [0.15, 0.2) is 23.2 Å². The summed E-state index contributed by atoms with van der Waals surface area (Å²) in [6.45, 7) is 3.41. The summed E-state index contributed by atoms with van der Waals surface area (Å²) in [7, 11) is 0. The van der Waals surface area contributed by atoms with Crippen LogP contribution >= 0.6 is 15.9 Å². The van der Waals surface area contributed by atoms with E-state index in [0.29, 0.717) is 10.8 Å². The molecule has 0 aromatic carbocycles. The summed E-state index contributed by atoms with van der Waals surface area (Å²) >= 11 is 3.05. The number of halogens is 1. The fourth-order valence-electron chi connectivity index (χ4n) is 0.133. The van der Waals surface area contributed by atoms with Gasteiger partial charge in [0.25, 0.3) is 0 Å². The standard InChI is InChI=1S/C5H5BrO/c1-2-5(6)3-4-7/h2-4H,1H2. The summed E-state index contributed by atoms with van der Waals surface area (Å²) in [4.78, 5) is 9.62. The van der Waals surface area contributed by atoms with Crippen LogP contribution in [0.1, 0.15) is 0 Å². The molecule has 0 aromatic rings. The van der Waals surface area contributed by atoms with Crippen molar-refractivity contribution in [1.82, 2.24) is 0 Å². The van der Waals surface area contributed by atoms with Crippen molar-refractivity contribution in [2.75, 3.05) is 0 Å². The van der Waals surface area contributed by atoms with Crippen molar-refractivity contribution in [3.05, 3.63) is 23.2 Å². The first kappa shape index (κ1) is 6.63.